The summed E-state index contributed by atoms with van der Waals surface area (Å²) in [6, 6.07) is 0.398. The van der Waals surface area contributed by atoms with Gasteiger partial charge in [-0.15, -0.1) is 0 Å². The van der Waals surface area contributed by atoms with E-state index in [2.05, 4.69) is 0 Å². The van der Waals surface area contributed by atoms with Crippen LogP contribution in [0.2, 0.25) is 0 Å². The van der Waals surface area contributed by atoms with E-state index in [0.29, 0.717) is 6.04 Å². The highest BCUT2D eigenvalue weighted by Crippen LogP contribution is 2.22. The maximum absolute atomic E-state index is 11.6. The van der Waals surface area contributed by atoms with Gasteiger partial charge < -0.3 is 9.64 Å². The molecule has 0 bridgehead atoms. The number of hydrogen-bond donors (Lipinski definition) is 0. The van der Waals surface area contributed by atoms with Crippen LogP contribution in [0.3, 0.4) is 0 Å². The van der Waals surface area contributed by atoms with Gasteiger partial charge in [0.05, 0.1) is 6.10 Å². The Bertz CT molecular complexity index is 186. The average molecular weight is 199 g/mol. The summed E-state index contributed by atoms with van der Waals surface area (Å²) in [6.07, 6.45) is 5.85. The van der Waals surface area contributed by atoms with Gasteiger partial charge in [0.15, 0.2) is 0 Å². The molecule has 1 aliphatic carbocycles. The molecule has 1 aliphatic rings. The van der Waals surface area contributed by atoms with Crippen molar-refractivity contribution in [3.63, 3.8) is 0 Å². The van der Waals surface area contributed by atoms with Crippen LogP contribution < -0.4 is 0 Å². The standard InChI is InChI=1S/C11H21NO2/c1-9(2)14-11(13)12(3)10-7-5-4-6-8-10/h9-10H,4-8H2,1-3H3. The molecule has 3 nitrogen and oxygen atoms in total. The first-order valence-corrected chi connectivity index (χ1v) is 5.54. The van der Waals surface area contributed by atoms with E-state index < -0.39 is 0 Å². The zero-order valence-corrected chi connectivity index (χ0v) is 9.45. The van der Waals surface area contributed by atoms with Crippen molar-refractivity contribution in [2.45, 2.75) is 58.1 Å². The molecule has 14 heavy (non-hydrogen) atoms. The van der Waals surface area contributed by atoms with Crippen LogP contribution >= 0.6 is 0 Å². The van der Waals surface area contributed by atoms with E-state index in [-0.39, 0.29) is 12.2 Å². The van der Waals surface area contributed by atoms with E-state index >= 15 is 0 Å². The zero-order valence-electron chi connectivity index (χ0n) is 9.45. The lowest BCUT2D eigenvalue weighted by Gasteiger charge is -2.30. The largest absolute Gasteiger partial charge is 0.447 e. The minimum Gasteiger partial charge on any atom is -0.447 e. The smallest absolute Gasteiger partial charge is 0.410 e. The molecular formula is C11H21NO2. The van der Waals surface area contributed by atoms with Crippen LogP contribution in [0.5, 0.6) is 0 Å². The Kier molecular flexibility index (Phi) is 4.23. The molecule has 82 valence electrons. The Hall–Kier alpha value is -0.730. The summed E-state index contributed by atoms with van der Waals surface area (Å²) in [5.74, 6) is 0. The molecule has 0 heterocycles. The summed E-state index contributed by atoms with van der Waals surface area (Å²) in [5.41, 5.74) is 0. The Morgan fingerprint density at radius 1 is 1.29 bits per heavy atom. The first-order valence-electron chi connectivity index (χ1n) is 5.54. The number of carbonyl (C=O) groups excluding carboxylic acids is 1. The predicted molar refractivity (Wildman–Crippen MR) is 56.3 cm³/mol. The van der Waals surface area contributed by atoms with E-state index in [1.165, 1.54) is 19.3 Å². The minimum absolute atomic E-state index is 0.0199. The predicted octanol–water partition coefficient (Wildman–Crippen LogP) is 2.80. The van der Waals surface area contributed by atoms with Crippen molar-refractivity contribution in [3.05, 3.63) is 0 Å². The van der Waals surface area contributed by atoms with Crippen molar-refractivity contribution < 1.29 is 9.53 Å². The highest BCUT2D eigenvalue weighted by molar-refractivity contribution is 5.67. The number of amides is 1. The van der Waals surface area contributed by atoms with Crippen LogP contribution in [-0.2, 0) is 4.74 Å². The fourth-order valence-electron chi connectivity index (χ4n) is 1.90. The Balaban J connectivity index is 2.38. The summed E-state index contributed by atoms with van der Waals surface area (Å²) in [7, 11) is 1.85. The average Bonchev–Trinajstić information content (AvgIpc) is 2.17. The SMILES string of the molecule is CC(C)OC(=O)N(C)C1CCCCC1. The molecule has 1 amide bonds. The van der Waals surface area contributed by atoms with Crippen LogP contribution in [0.15, 0.2) is 0 Å². The van der Waals surface area contributed by atoms with Gasteiger partial charge in [0.2, 0.25) is 0 Å². The molecule has 0 unspecified atom stereocenters. The van der Waals surface area contributed by atoms with Gasteiger partial charge in [-0.2, -0.15) is 0 Å². The molecule has 0 aromatic carbocycles. The topological polar surface area (TPSA) is 29.5 Å². The Labute approximate surface area is 86.4 Å². The summed E-state index contributed by atoms with van der Waals surface area (Å²) in [5, 5.41) is 0. The molecule has 0 spiro atoms. The fourth-order valence-corrected chi connectivity index (χ4v) is 1.90. The van der Waals surface area contributed by atoms with Crippen LogP contribution in [-0.4, -0.2) is 30.2 Å². The fraction of sp³-hybridized carbons (Fsp3) is 0.909. The third kappa shape index (κ3) is 3.20. The molecule has 1 rings (SSSR count). The quantitative estimate of drug-likeness (QED) is 0.684. The van der Waals surface area contributed by atoms with E-state index in [1.54, 1.807) is 4.90 Å². The molecule has 0 saturated heterocycles. The lowest BCUT2D eigenvalue weighted by Crippen LogP contribution is -2.39. The van der Waals surface area contributed by atoms with Gasteiger partial charge in [0, 0.05) is 13.1 Å². The van der Waals surface area contributed by atoms with Crippen molar-refractivity contribution >= 4 is 6.09 Å². The van der Waals surface area contributed by atoms with E-state index in [1.807, 2.05) is 20.9 Å². The molecule has 3 heteroatoms. The molecule has 0 aromatic rings. The normalized spacial score (nSPS) is 18.3. The molecule has 0 atom stereocenters. The van der Waals surface area contributed by atoms with Gasteiger partial charge in [0.25, 0.3) is 0 Å². The zero-order chi connectivity index (χ0) is 10.6. The van der Waals surface area contributed by atoms with Gasteiger partial charge in [-0.05, 0) is 26.7 Å². The van der Waals surface area contributed by atoms with Crippen molar-refractivity contribution in [3.8, 4) is 0 Å². The van der Waals surface area contributed by atoms with Crippen molar-refractivity contribution in [2.75, 3.05) is 7.05 Å². The summed E-state index contributed by atoms with van der Waals surface area (Å²) >= 11 is 0. The van der Waals surface area contributed by atoms with Crippen LogP contribution in [0, 0.1) is 0 Å². The van der Waals surface area contributed by atoms with Crippen molar-refractivity contribution in [1.82, 2.24) is 4.90 Å². The molecule has 1 saturated carbocycles. The van der Waals surface area contributed by atoms with Gasteiger partial charge in [-0.1, -0.05) is 19.3 Å². The molecule has 1 fully saturated rings. The summed E-state index contributed by atoms with van der Waals surface area (Å²) in [6.45, 7) is 3.76. The van der Waals surface area contributed by atoms with Gasteiger partial charge in [0.1, 0.15) is 0 Å². The molecule has 0 aliphatic heterocycles. The van der Waals surface area contributed by atoms with Gasteiger partial charge in [-0.25, -0.2) is 4.79 Å². The first kappa shape index (κ1) is 11.3. The maximum atomic E-state index is 11.6. The third-order valence-electron chi connectivity index (χ3n) is 2.75. The molecule has 0 N–H and O–H groups in total. The lowest BCUT2D eigenvalue weighted by atomic mass is 9.95. The third-order valence-corrected chi connectivity index (χ3v) is 2.75. The lowest BCUT2D eigenvalue weighted by molar-refractivity contribution is 0.0663. The number of nitrogens with zero attached hydrogens (tertiary/aromatic N) is 1. The summed E-state index contributed by atoms with van der Waals surface area (Å²) < 4.78 is 5.15. The van der Waals surface area contributed by atoms with Crippen molar-refractivity contribution in [1.29, 1.82) is 0 Å². The highest BCUT2D eigenvalue weighted by atomic mass is 16.6. The first-order chi connectivity index (χ1) is 6.61. The highest BCUT2D eigenvalue weighted by Gasteiger charge is 2.23. The second-order valence-electron chi connectivity index (χ2n) is 4.34. The number of hydrogen-bond acceptors (Lipinski definition) is 2. The monoisotopic (exact) mass is 199 g/mol. The Morgan fingerprint density at radius 2 is 1.86 bits per heavy atom. The van der Waals surface area contributed by atoms with Crippen LogP contribution in [0.25, 0.3) is 0 Å². The molecule has 0 aromatic heterocycles. The van der Waals surface area contributed by atoms with Crippen molar-refractivity contribution in [2.24, 2.45) is 0 Å². The summed E-state index contributed by atoms with van der Waals surface area (Å²) in [4.78, 5) is 13.3. The number of carbonyl (C=O) groups is 1. The second-order valence-corrected chi connectivity index (χ2v) is 4.34. The van der Waals surface area contributed by atoms with Gasteiger partial charge >= 0.3 is 6.09 Å². The second kappa shape index (κ2) is 5.23. The number of rotatable bonds is 2. The maximum Gasteiger partial charge on any atom is 0.410 e. The molecule has 0 radical (unpaired) electrons. The number of ether oxygens (including phenoxy) is 1. The van der Waals surface area contributed by atoms with Crippen LogP contribution in [0.1, 0.15) is 46.0 Å². The van der Waals surface area contributed by atoms with Gasteiger partial charge in [-0.3, -0.25) is 0 Å². The minimum atomic E-state index is -0.174. The van der Waals surface area contributed by atoms with E-state index in [0.717, 1.165) is 12.8 Å². The van der Waals surface area contributed by atoms with Crippen LogP contribution in [0.4, 0.5) is 4.79 Å². The molecular weight excluding hydrogens is 178 g/mol. The van der Waals surface area contributed by atoms with E-state index in [4.69, 9.17) is 4.74 Å². The van der Waals surface area contributed by atoms with E-state index in [9.17, 15) is 4.79 Å². The Morgan fingerprint density at radius 3 is 2.36 bits per heavy atom.